The van der Waals surface area contributed by atoms with Crippen LogP contribution < -0.4 is 9.64 Å². The lowest BCUT2D eigenvalue weighted by Gasteiger charge is -2.23. The first-order chi connectivity index (χ1) is 19.8. The number of carbonyl (C=O) groups is 2. The molecule has 3 heterocycles. The lowest BCUT2D eigenvalue weighted by molar-refractivity contribution is -0.132. The van der Waals surface area contributed by atoms with Crippen molar-refractivity contribution in [3.63, 3.8) is 0 Å². The zero-order valence-corrected chi connectivity index (χ0v) is 24.0. The molecule has 1 N–H and O–H groups in total. The maximum Gasteiger partial charge on any atom is 0.301 e. The van der Waals surface area contributed by atoms with Crippen LogP contribution in [0.5, 0.6) is 5.75 Å². The highest BCUT2D eigenvalue weighted by Crippen LogP contribution is 2.44. The maximum absolute atomic E-state index is 13.5. The van der Waals surface area contributed by atoms with Gasteiger partial charge in [-0.1, -0.05) is 61.2 Å². The van der Waals surface area contributed by atoms with E-state index in [4.69, 9.17) is 4.74 Å². The van der Waals surface area contributed by atoms with Gasteiger partial charge in [-0.2, -0.15) is 0 Å². The number of aliphatic hydroxyl groups is 1. The Bertz CT molecular complexity index is 1570. The number of pyridine rings is 1. The number of thioether (sulfide) groups is 1. The van der Waals surface area contributed by atoms with Crippen LogP contribution in [-0.4, -0.2) is 38.6 Å². The first-order valence-electron chi connectivity index (χ1n) is 13.0. The van der Waals surface area contributed by atoms with Crippen LogP contribution in [0.25, 0.3) is 5.76 Å². The van der Waals surface area contributed by atoms with E-state index in [2.05, 4.69) is 29.0 Å². The molecule has 1 unspecified atom stereocenters. The number of amides is 1. The molecule has 41 heavy (non-hydrogen) atoms. The number of hydrogen-bond donors (Lipinski definition) is 1. The van der Waals surface area contributed by atoms with Crippen molar-refractivity contribution < 1.29 is 23.8 Å². The second-order valence-electron chi connectivity index (χ2n) is 9.77. The molecule has 2 aromatic carbocycles. The highest BCUT2D eigenvalue weighted by molar-refractivity contribution is 8.00. The van der Waals surface area contributed by atoms with Gasteiger partial charge in [0.1, 0.15) is 17.3 Å². The molecule has 1 amide bonds. The number of benzene rings is 2. The monoisotopic (exact) mass is 590 g/mol. The lowest BCUT2D eigenvalue weighted by atomic mass is 9.95. The van der Waals surface area contributed by atoms with Crippen LogP contribution >= 0.6 is 23.1 Å². The summed E-state index contributed by atoms with van der Waals surface area (Å²) in [4.78, 5) is 32.2. The van der Waals surface area contributed by atoms with Crippen LogP contribution in [0.15, 0.2) is 83.0 Å². The molecule has 210 valence electrons. The topological polar surface area (TPSA) is 106 Å². The van der Waals surface area contributed by atoms with E-state index in [1.54, 1.807) is 42.5 Å². The summed E-state index contributed by atoms with van der Waals surface area (Å²) in [5, 5.41) is 20.0. The van der Waals surface area contributed by atoms with Gasteiger partial charge in [-0.15, -0.1) is 10.2 Å². The van der Waals surface area contributed by atoms with Gasteiger partial charge in [0.2, 0.25) is 5.13 Å². The van der Waals surface area contributed by atoms with Crippen molar-refractivity contribution in [2.75, 3.05) is 11.5 Å². The van der Waals surface area contributed by atoms with E-state index in [9.17, 15) is 19.1 Å². The van der Waals surface area contributed by atoms with Gasteiger partial charge < -0.3 is 9.84 Å². The molecular formula is C30H27FN4O4S2. The average molecular weight is 591 g/mol. The Morgan fingerprint density at radius 1 is 1.10 bits per heavy atom. The van der Waals surface area contributed by atoms with E-state index in [0.29, 0.717) is 39.5 Å². The molecule has 0 saturated carbocycles. The Kier molecular flexibility index (Phi) is 8.75. The molecular weight excluding hydrogens is 563 g/mol. The molecule has 1 aliphatic heterocycles. The SMILES string of the molecule is CC(C)CCOc1cccc(C2/C(=C(\O)c3ccncc3)C(=O)C(=O)N2c2nnc(SCc3ccc(F)cc3)s2)c1. The minimum Gasteiger partial charge on any atom is -0.507 e. The van der Waals surface area contributed by atoms with Gasteiger partial charge in [-0.05, 0) is 59.9 Å². The Hall–Kier alpha value is -4.09. The molecule has 0 aliphatic carbocycles. The first kappa shape index (κ1) is 28.4. The van der Waals surface area contributed by atoms with Gasteiger partial charge >= 0.3 is 5.91 Å². The summed E-state index contributed by atoms with van der Waals surface area (Å²) in [6.45, 7) is 4.74. The molecule has 5 rings (SSSR count). The molecule has 1 atom stereocenters. The summed E-state index contributed by atoms with van der Waals surface area (Å²) in [5.41, 5.74) is 1.79. The first-order valence-corrected chi connectivity index (χ1v) is 14.8. The molecule has 8 nitrogen and oxygen atoms in total. The van der Waals surface area contributed by atoms with E-state index >= 15 is 0 Å². The summed E-state index contributed by atoms with van der Waals surface area (Å²) in [6, 6.07) is 15.5. The van der Waals surface area contributed by atoms with Gasteiger partial charge in [-0.25, -0.2) is 4.39 Å². The predicted octanol–water partition coefficient (Wildman–Crippen LogP) is 6.42. The minimum atomic E-state index is -0.959. The number of anilines is 1. The van der Waals surface area contributed by atoms with Gasteiger partial charge in [-0.3, -0.25) is 19.5 Å². The van der Waals surface area contributed by atoms with E-state index in [-0.39, 0.29) is 22.3 Å². The molecule has 0 radical (unpaired) electrons. The van der Waals surface area contributed by atoms with E-state index in [0.717, 1.165) is 23.3 Å². The van der Waals surface area contributed by atoms with Gasteiger partial charge in [0.15, 0.2) is 4.34 Å². The molecule has 1 aliphatic rings. The maximum atomic E-state index is 13.5. The third kappa shape index (κ3) is 6.47. The van der Waals surface area contributed by atoms with Crippen LogP contribution in [0.1, 0.15) is 43.0 Å². The summed E-state index contributed by atoms with van der Waals surface area (Å²) < 4.78 is 19.8. The minimum absolute atomic E-state index is 0.0590. The van der Waals surface area contributed by atoms with Gasteiger partial charge in [0.25, 0.3) is 5.78 Å². The van der Waals surface area contributed by atoms with Crippen LogP contribution in [0.3, 0.4) is 0 Å². The molecule has 1 fully saturated rings. The van der Waals surface area contributed by atoms with E-state index < -0.39 is 17.7 Å². The van der Waals surface area contributed by atoms with Crippen LogP contribution in [0.4, 0.5) is 9.52 Å². The summed E-state index contributed by atoms with van der Waals surface area (Å²) in [6.07, 6.45) is 3.87. The number of rotatable bonds is 10. The van der Waals surface area contributed by atoms with Crippen molar-refractivity contribution >= 4 is 45.7 Å². The smallest absolute Gasteiger partial charge is 0.301 e. The lowest BCUT2D eigenvalue weighted by Crippen LogP contribution is -2.29. The number of ketones is 1. The number of carbonyl (C=O) groups excluding carboxylic acids is 2. The molecule has 0 spiro atoms. The Morgan fingerprint density at radius 3 is 2.59 bits per heavy atom. The molecule has 0 bridgehead atoms. The predicted molar refractivity (Wildman–Crippen MR) is 156 cm³/mol. The zero-order valence-electron chi connectivity index (χ0n) is 22.4. The molecule has 2 aromatic heterocycles. The fraction of sp³-hybridized carbons (Fsp3) is 0.233. The molecule has 11 heteroatoms. The fourth-order valence-corrected chi connectivity index (χ4v) is 6.10. The number of ether oxygens (including phenoxy) is 1. The standard InChI is InChI=1S/C30H27FN4O4S2/c1-18(2)12-15-39-23-5-3-4-21(16-23)25-24(26(36)20-10-13-32-14-11-20)27(37)28(38)35(25)29-33-34-30(41-29)40-17-19-6-8-22(31)9-7-19/h3-11,13-14,16,18,25,36H,12,15,17H2,1-2H3/b26-24+. The number of aliphatic hydroxyl groups excluding tert-OH is 1. The number of hydrogen-bond acceptors (Lipinski definition) is 9. The third-order valence-corrected chi connectivity index (χ3v) is 8.54. The Labute approximate surface area is 244 Å². The largest absolute Gasteiger partial charge is 0.507 e. The normalized spacial score (nSPS) is 16.5. The zero-order chi connectivity index (χ0) is 28.9. The van der Waals surface area contributed by atoms with Crippen molar-refractivity contribution in [3.8, 4) is 5.75 Å². The van der Waals surface area contributed by atoms with Crippen molar-refractivity contribution in [3.05, 3.63) is 101 Å². The highest BCUT2D eigenvalue weighted by Gasteiger charge is 2.48. The number of nitrogens with zero attached hydrogens (tertiary/aromatic N) is 4. The number of Topliss-reactive ketones (excluding diaryl/α,β-unsaturated/α-hetero) is 1. The molecule has 1 saturated heterocycles. The third-order valence-electron chi connectivity index (χ3n) is 6.41. The van der Waals surface area contributed by atoms with Gasteiger partial charge in [0.05, 0.1) is 18.2 Å². The van der Waals surface area contributed by atoms with Crippen LogP contribution in [0, 0.1) is 11.7 Å². The number of halogens is 1. The number of aromatic nitrogens is 3. The second-order valence-corrected chi connectivity index (χ2v) is 12.0. The Balaban J connectivity index is 1.51. The van der Waals surface area contributed by atoms with E-state index in [1.165, 1.54) is 41.2 Å². The quantitative estimate of drug-likeness (QED) is 0.0742. The summed E-state index contributed by atoms with van der Waals surface area (Å²) in [5.74, 6) is -0.680. The second kappa shape index (κ2) is 12.6. The van der Waals surface area contributed by atoms with Crippen molar-refractivity contribution in [2.45, 2.75) is 36.4 Å². The Morgan fingerprint density at radius 2 is 1.85 bits per heavy atom. The van der Waals surface area contributed by atoms with Crippen LogP contribution in [-0.2, 0) is 15.3 Å². The van der Waals surface area contributed by atoms with Crippen molar-refractivity contribution in [1.29, 1.82) is 0 Å². The average Bonchev–Trinajstić information content (AvgIpc) is 3.54. The fourth-order valence-electron chi connectivity index (χ4n) is 4.28. The van der Waals surface area contributed by atoms with Crippen molar-refractivity contribution in [1.82, 2.24) is 15.2 Å². The summed E-state index contributed by atoms with van der Waals surface area (Å²) >= 11 is 2.55. The summed E-state index contributed by atoms with van der Waals surface area (Å²) in [7, 11) is 0. The van der Waals surface area contributed by atoms with Crippen molar-refractivity contribution in [2.24, 2.45) is 5.92 Å². The van der Waals surface area contributed by atoms with E-state index in [1.807, 2.05) is 6.07 Å². The van der Waals surface area contributed by atoms with Crippen LogP contribution in [0.2, 0.25) is 0 Å². The molecule has 4 aromatic rings. The van der Waals surface area contributed by atoms with Gasteiger partial charge in [0, 0.05) is 23.7 Å². The highest BCUT2D eigenvalue weighted by atomic mass is 32.2.